The number of ketones is 1. The van der Waals surface area contributed by atoms with E-state index in [9.17, 15) is 19.5 Å². The number of hydrogen-bond acceptors (Lipinski definition) is 5. The van der Waals surface area contributed by atoms with E-state index in [1.54, 1.807) is 60.3 Å². The Morgan fingerprint density at radius 2 is 1.83 bits per heavy atom. The van der Waals surface area contributed by atoms with E-state index in [0.717, 1.165) is 15.8 Å². The smallest absolute Gasteiger partial charge is 0.323 e. The van der Waals surface area contributed by atoms with Crippen molar-refractivity contribution in [3.05, 3.63) is 95.4 Å². The van der Waals surface area contributed by atoms with Gasteiger partial charge in [0, 0.05) is 48.1 Å². The van der Waals surface area contributed by atoms with Crippen molar-refractivity contribution in [2.45, 2.75) is 12.8 Å². The maximum absolute atomic E-state index is 13.1. The number of Topliss-reactive ketones (excluding diaryl/α,β-unsaturated/α-hetero) is 1. The number of nitrogens with zero attached hydrogens (tertiary/aromatic N) is 3. The van der Waals surface area contributed by atoms with Crippen molar-refractivity contribution in [1.29, 1.82) is 5.41 Å². The number of carboxylic acid groups (broad SMARTS) is 1. The van der Waals surface area contributed by atoms with Crippen molar-refractivity contribution in [2.75, 3.05) is 11.4 Å². The highest BCUT2D eigenvalue weighted by Gasteiger charge is 2.23. The van der Waals surface area contributed by atoms with E-state index in [4.69, 9.17) is 11.1 Å². The molecule has 36 heavy (non-hydrogen) atoms. The number of rotatable bonds is 9. The summed E-state index contributed by atoms with van der Waals surface area (Å²) in [7, 11) is 1.80. The van der Waals surface area contributed by atoms with E-state index >= 15 is 0 Å². The molecule has 0 fully saturated rings. The Hall–Kier alpha value is -4.79. The predicted molar refractivity (Wildman–Crippen MR) is 137 cm³/mol. The van der Waals surface area contributed by atoms with Crippen molar-refractivity contribution in [2.24, 2.45) is 12.8 Å². The van der Waals surface area contributed by atoms with Gasteiger partial charge in [-0.2, -0.15) is 0 Å². The van der Waals surface area contributed by atoms with Gasteiger partial charge in [0.25, 0.3) is 5.91 Å². The lowest BCUT2D eigenvalue weighted by molar-refractivity contribution is -0.135. The van der Waals surface area contributed by atoms with Crippen LogP contribution >= 0.6 is 0 Å². The van der Waals surface area contributed by atoms with Gasteiger partial charge in [-0.1, -0.05) is 36.4 Å². The SMILES string of the molecule is Cn1cc(C(=O)CCc2ccc(C(=N)N)cc2)c2ccc(N(CC(=O)O)C(=O)c3ccccn3)cc21. The van der Waals surface area contributed by atoms with Crippen molar-refractivity contribution >= 4 is 40.1 Å². The third-order valence-corrected chi connectivity index (χ3v) is 5.91. The Bertz CT molecular complexity index is 1460. The number of hydrogen-bond donors (Lipinski definition) is 3. The third-order valence-electron chi connectivity index (χ3n) is 5.91. The molecule has 4 rings (SSSR count). The highest BCUT2D eigenvalue weighted by atomic mass is 16.4. The van der Waals surface area contributed by atoms with Crippen LogP contribution in [0.2, 0.25) is 0 Å². The molecule has 0 aliphatic rings. The molecule has 0 unspecified atom stereocenters. The fourth-order valence-corrected chi connectivity index (χ4v) is 4.05. The molecule has 2 aromatic heterocycles. The van der Waals surface area contributed by atoms with Gasteiger partial charge in [0.15, 0.2) is 5.78 Å². The van der Waals surface area contributed by atoms with Crippen LogP contribution in [0.15, 0.2) is 73.1 Å². The van der Waals surface area contributed by atoms with E-state index < -0.39 is 18.4 Å². The quantitative estimate of drug-likeness (QED) is 0.189. The molecule has 0 spiro atoms. The molecule has 0 aliphatic carbocycles. The Labute approximate surface area is 207 Å². The molecule has 0 saturated carbocycles. The maximum Gasteiger partial charge on any atom is 0.323 e. The van der Waals surface area contributed by atoms with Crippen LogP contribution in [-0.2, 0) is 18.3 Å². The van der Waals surface area contributed by atoms with Gasteiger partial charge in [-0.15, -0.1) is 0 Å². The number of aryl methyl sites for hydroxylation is 2. The molecule has 9 nitrogen and oxygen atoms in total. The topological polar surface area (TPSA) is 142 Å². The monoisotopic (exact) mass is 483 g/mol. The Balaban J connectivity index is 1.59. The van der Waals surface area contributed by atoms with E-state index in [2.05, 4.69) is 4.98 Å². The number of carboxylic acids is 1. The largest absolute Gasteiger partial charge is 0.480 e. The summed E-state index contributed by atoms with van der Waals surface area (Å²) in [4.78, 5) is 42.8. The average Bonchev–Trinajstić information content (AvgIpc) is 3.22. The molecule has 0 aliphatic heterocycles. The Morgan fingerprint density at radius 1 is 1.08 bits per heavy atom. The van der Waals surface area contributed by atoms with Crippen LogP contribution in [0, 0.1) is 5.41 Å². The molecule has 9 heteroatoms. The molecule has 2 heterocycles. The number of carbonyl (C=O) groups is 3. The molecule has 0 radical (unpaired) electrons. The normalized spacial score (nSPS) is 10.8. The van der Waals surface area contributed by atoms with Crippen LogP contribution in [-0.4, -0.2) is 44.7 Å². The van der Waals surface area contributed by atoms with Crippen molar-refractivity contribution < 1.29 is 19.5 Å². The predicted octanol–water partition coefficient (Wildman–Crippen LogP) is 3.40. The number of pyridine rings is 1. The van der Waals surface area contributed by atoms with Crippen LogP contribution in [0.4, 0.5) is 5.69 Å². The molecule has 4 aromatic rings. The van der Waals surface area contributed by atoms with E-state index in [1.807, 2.05) is 12.1 Å². The van der Waals surface area contributed by atoms with Crippen molar-refractivity contribution in [1.82, 2.24) is 9.55 Å². The van der Waals surface area contributed by atoms with E-state index in [0.29, 0.717) is 35.2 Å². The molecule has 0 saturated heterocycles. The second-order valence-electron chi connectivity index (χ2n) is 8.39. The molecule has 0 bridgehead atoms. The van der Waals surface area contributed by atoms with Gasteiger partial charge in [-0.05, 0) is 36.2 Å². The minimum Gasteiger partial charge on any atom is -0.480 e. The van der Waals surface area contributed by atoms with Crippen LogP contribution in [0.3, 0.4) is 0 Å². The van der Waals surface area contributed by atoms with Crippen molar-refractivity contribution in [3.63, 3.8) is 0 Å². The number of benzene rings is 2. The van der Waals surface area contributed by atoms with Crippen LogP contribution in [0.25, 0.3) is 10.9 Å². The lowest BCUT2D eigenvalue weighted by atomic mass is 10.0. The molecule has 0 atom stereocenters. The van der Waals surface area contributed by atoms with Crippen molar-refractivity contribution in [3.8, 4) is 0 Å². The zero-order chi connectivity index (χ0) is 25.8. The molecular weight excluding hydrogens is 458 g/mol. The van der Waals surface area contributed by atoms with Crippen LogP contribution in [0.5, 0.6) is 0 Å². The number of carbonyl (C=O) groups excluding carboxylic acids is 2. The third kappa shape index (κ3) is 5.15. The standard InChI is InChI=1S/C27H25N5O4/c1-31-15-21(24(33)12-7-17-5-8-18(9-6-17)26(28)29)20-11-10-19(14-23(20)31)32(16-25(34)35)27(36)22-4-2-3-13-30-22/h2-6,8-11,13-15H,7,12,16H2,1H3,(H3,28,29)(H,34,35). The average molecular weight is 484 g/mol. The first-order valence-corrected chi connectivity index (χ1v) is 11.2. The van der Waals surface area contributed by atoms with Gasteiger partial charge >= 0.3 is 5.97 Å². The summed E-state index contributed by atoms with van der Waals surface area (Å²) in [5, 5.41) is 17.6. The summed E-state index contributed by atoms with van der Waals surface area (Å²) in [5.74, 6) is -1.72. The Kier molecular flexibility index (Phi) is 6.91. The van der Waals surface area contributed by atoms with E-state index in [-0.39, 0.29) is 17.3 Å². The van der Waals surface area contributed by atoms with E-state index in [1.165, 1.54) is 12.3 Å². The van der Waals surface area contributed by atoms with Gasteiger partial charge in [0.1, 0.15) is 18.1 Å². The minimum absolute atomic E-state index is 0.00333. The number of nitrogens with one attached hydrogen (secondary N) is 1. The minimum atomic E-state index is -1.15. The van der Waals surface area contributed by atoms with Crippen LogP contribution in [0.1, 0.15) is 38.4 Å². The number of amidine groups is 1. The highest BCUT2D eigenvalue weighted by Crippen LogP contribution is 2.28. The summed E-state index contributed by atoms with van der Waals surface area (Å²) >= 11 is 0. The Morgan fingerprint density at radius 3 is 2.47 bits per heavy atom. The second kappa shape index (κ2) is 10.2. The first kappa shape index (κ1) is 24.3. The first-order chi connectivity index (χ1) is 17.2. The summed E-state index contributed by atoms with van der Waals surface area (Å²) < 4.78 is 1.79. The molecule has 1 amide bonds. The zero-order valence-corrected chi connectivity index (χ0v) is 19.6. The summed E-state index contributed by atoms with van der Waals surface area (Å²) in [6.07, 6.45) is 4.06. The number of nitrogen functional groups attached to an aromatic ring is 1. The number of aromatic nitrogens is 2. The van der Waals surface area contributed by atoms with Gasteiger partial charge in [-0.25, -0.2) is 0 Å². The lowest BCUT2D eigenvalue weighted by Crippen LogP contribution is -2.36. The van der Waals surface area contributed by atoms with Gasteiger partial charge in [-0.3, -0.25) is 29.7 Å². The number of nitrogens with two attached hydrogens (primary N) is 1. The fraction of sp³-hybridized carbons (Fsp3) is 0.148. The fourth-order valence-electron chi connectivity index (χ4n) is 4.05. The van der Waals surface area contributed by atoms with Crippen LogP contribution < -0.4 is 10.6 Å². The number of fused-ring (bicyclic) bond motifs is 1. The first-order valence-electron chi connectivity index (χ1n) is 11.2. The summed E-state index contributed by atoms with van der Waals surface area (Å²) in [6.45, 7) is -0.528. The molecular formula is C27H25N5O4. The second-order valence-corrected chi connectivity index (χ2v) is 8.39. The lowest BCUT2D eigenvalue weighted by Gasteiger charge is -2.21. The number of anilines is 1. The number of amides is 1. The number of aliphatic carboxylic acids is 1. The van der Waals surface area contributed by atoms with Gasteiger partial charge in [0.05, 0.1) is 5.52 Å². The zero-order valence-electron chi connectivity index (χ0n) is 19.6. The summed E-state index contributed by atoms with van der Waals surface area (Å²) in [5.41, 5.74) is 8.88. The molecule has 182 valence electrons. The maximum atomic E-state index is 13.1. The summed E-state index contributed by atoms with van der Waals surface area (Å²) in [6, 6.07) is 17.2. The van der Waals surface area contributed by atoms with Gasteiger partial charge in [0.2, 0.25) is 0 Å². The van der Waals surface area contributed by atoms with Gasteiger partial charge < -0.3 is 15.4 Å². The molecule has 4 N–H and O–H groups in total. The molecule has 2 aromatic carbocycles. The highest BCUT2D eigenvalue weighted by molar-refractivity contribution is 6.11.